The Hall–Kier alpha value is -1.61. The second-order valence-corrected chi connectivity index (χ2v) is 4.87. The fourth-order valence-electron chi connectivity index (χ4n) is 2.41. The van der Waals surface area contributed by atoms with Crippen LogP contribution in [-0.4, -0.2) is 26.2 Å². The lowest BCUT2D eigenvalue weighted by molar-refractivity contribution is -0.139. The number of carbonyl (C=O) groups is 1. The molecule has 2 rings (SSSR count). The van der Waals surface area contributed by atoms with Crippen molar-refractivity contribution in [3.8, 4) is 0 Å². The van der Waals surface area contributed by atoms with Crippen molar-refractivity contribution in [3.05, 3.63) is 41.5 Å². The highest BCUT2D eigenvalue weighted by atomic mass is 16.5. The minimum Gasteiger partial charge on any atom is -0.469 e. The molecule has 0 aromatic heterocycles. The molecule has 0 spiro atoms. The number of carbonyl (C=O) groups excluding carboxylic acids is 1. The fourth-order valence-corrected chi connectivity index (χ4v) is 2.41. The summed E-state index contributed by atoms with van der Waals surface area (Å²) in [6.45, 7) is 2.23. The van der Waals surface area contributed by atoms with Crippen LogP contribution in [0.2, 0.25) is 0 Å². The number of nitrogens with one attached hydrogen (secondary N) is 1. The first-order valence-electron chi connectivity index (χ1n) is 6.83. The van der Waals surface area contributed by atoms with Crippen molar-refractivity contribution in [2.45, 2.75) is 25.2 Å². The second kappa shape index (κ2) is 7.10. The van der Waals surface area contributed by atoms with Crippen LogP contribution in [0.3, 0.4) is 0 Å². The van der Waals surface area contributed by atoms with Gasteiger partial charge in [-0.1, -0.05) is 36.4 Å². The zero-order valence-corrected chi connectivity index (χ0v) is 11.4. The summed E-state index contributed by atoms with van der Waals surface area (Å²) in [6, 6.07) is 8.64. The average molecular weight is 259 g/mol. The average Bonchev–Trinajstić information content (AvgIpc) is 2.48. The van der Waals surface area contributed by atoms with Gasteiger partial charge < -0.3 is 10.1 Å². The Bertz CT molecular complexity index is 431. The van der Waals surface area contributed by atoms with Gasteiger partial charge in [0.2, 0.25) is 0 Å². The van der Waals surface area contributed by atoms with E-state index in [0.29, 0.717) is 12.3 Å². The monoisotopic (exact) mass is 259 g/mol. The summed E-state index contributed by atoms with van der Waals surface area (Å²) in [5.74, 6) is 0.483. The Morgan fingerprint density at radius 2 is 2.00 bits per heavy atom. The Morgan fingerprint density at radius 1 is 1.32 bits per heavy atom. The van der Waals surface area contributed by atoms with E-state index < -0.39 is 0 Å². The molecule has 0 saturated carbocycles. The normalized spacial score (nSPS) is 16.7. The SMILES string of the molecule is COC(=O)CC=Cc1ccc(C2CCNCC2)cc1. The maximum absolute atomic E-state index is 11.0. The summed E-state index contributed by atoms with van der Waals surface area (Å²) in [7, 11) is 1.41. The number of rotatable bonds is 4. The molecule has 0 unspecified atom stereocenters. The molecule has 3 heteroatoms. The molecule has 0 atom stereocenters. The highest BCUT2D eigenvalue weighted by Gasteiger charge is 2.14. The Kier molecular flexibility index (Phi) is 5.16. The van der Waals surface area contributed by atoms with Gasteiger partial charge in [-0.15, -0.1) is 0 Å². The van der Waals surface area contributed by atoms with Crippen molar-refractivity contribution in [3.63, 3.8) is 0 Å². The number of piperidine rings is 1. The lowest BCUT2D eigenvalue weighted by Gasteiger charge is -2.22. The van der Waals surface area contributed by atoms with Gasteiger partial charge in [-0.05, 0) is 43.0 Å². The standard InChI is InChI=1S/C16H21NO2/c1-19-16(18)4-2-3-13-5-7-14(8-6-13)15-9-11-17-12-10-15/h2-3,5-8,15,17H,4,9-12H2,1H3. The lowest BCUT2D eigenvalue weighted by Crippen LogP contribution is -2.26. The molecule has 102 valence electrons. The molecule has 1 N–H and O–H groups in total. The van der Waals surface area contributed by atoms with Crippen molar-refractivity contribution >= 4 is 12.0 Å². The summed E-state index contributed by atoms with van der Waals surface area (Å²) in [5, 5.41) is 3.38. The number of benzene rings is 1. The first-order chi connectivity index (χ1) is 9.29. The molecule has 1 saturated heterocycles. The summed E-state index contributed by atoms with van der Waals surface area (Å²) in [4.78, 5) is 11.0. The molecule has 1 fully saturated rings. The summed E-state index contributed by atoms with van der Waals surface area (Å²) in [6.07, 6.45) is 6.57. The first-order valence-corrected chi connectivity index (χ1v) is 6.83. The highest BCUT2D eigenvalue weighted by Crippen LogP contribution is 2.25. The van der Waals surface area contributed by atoms with Crippen LogP contribution in [0, 0.1) is 0 Å². The second-order valence-electron chi connectivity index (χ2n) is 4.87. The zero-order chi connectivity index (χ0) is 13.5. The van der Waals surface area contributed by atoms with E-state index in [4.69, 9.17) is 0 Å². The van der Waals surface area contributed by atoms with Gasteiger partial charge in [-0.3, -0.25) is 4.79 Å². The first kappa shape index (κ1) is 13.8. The summed E-state index contributed by atoms with van der Waals surface area (Å²) < 4.78 is 4.59. The zero-order valence-electron chi connectivity index (χ0n) is 11.4. The van der Waals surface area contributed by atoms with E-state index in [1.807, 2.05) is 12.2 Å². The van der Waals surface area contributed by atoms with E-state index in [1.165, 1.54) is 25.5 Å². The number of esters is 1. The van der Waals surface area contributed by atoms with Crippen molar-refractivity contribution < 1.29 is 9.53 Å². The molecule has 0 bridgehead atoms. The van der Waals surface area contributed by atoms with Crippen LogP contribution < -0.4 is 5.32 Å². The third-order valence-corrected chi connectivity index (χ3v) is 3.57. The third-order valence-electron chi connectivity index (χ3n) is 3.57. The minimum atomic E-state index is -0.206. The fraction of sp³-hybridized carbons (Fsp3) is 0.438. The van der Waals surface area contributed by atoms with Crippen molar-refractivity contribution in [1.29, 1.82) is 0 Å². The Morgan fingerprint density at radius 3 is 2.63 bits per heavy atom. The van der Waals surface area contributed by atoms with E-state index in [1.54, 1.807) is 0 Å². The molecule has 3 nitrogen and oxygen atoms in total. The van der Waals surface area contributed by atoms with Crippen LogP contribution in [0.5, 0.6) is 0 Å². The molecule has 1 aromatic rings. The predicted octanol–water partition coefficient (Wildman–Crippen LogP) is 2.73. The molecule has 19 heavy (non-hydrogen) atoms. The van der Waals surface area contributed by atoms with Gasteiger partial charge in [0, 0.05) is 0 Å². The van der Waals surface area contributed by atoms with Crippen LogP contribution in [-0.2, 0) is 9.53 Å². The van der Waals surface area contributed by atoms with E-state index >= 15 is 0 Å². The van der Waals surface area contributed by atoms with E-state index in [2.05, 4.69) is 34.3 Å². The molecule has 1 aliphatic heterocycles. The van der Waals surface area contributed by atoms with Crippen molar-refractivity contribution in [2.75, 3.05) is 20.2 Å². The maximum atomic E-state index is 11.0. The van der Waals surface area contributed by atoms with Crippen LogP contribution in [0.25, 0.3) is 6.08 Å². The molecule has 0 aliphatic carbocycles. The lowest BCUT2D eigenvalue weighted by atomic mass is 9.90. The summed E-state index contributed by atoms with van der Waals surface area (Å²) >= 11 is 0. The van der Waals surface area contributed by atoms with Crippen LogP contribution in [0.4, 0.5) is 0 Å². The molecule has 1 aromatic carbocycles. The van der Waals surface area contributed by atoms with Crippen molar-refractivity contribution in [2.24, 2.45) is 0 Å². The van der Waals surface area contributed by atoms with Gasteiger partial charge in [0.1, 0.15) is 0 Å². The molecule has 0 radical (unpaired) electrons. The van der Waals surface area contributed by atoms with E-state index in [0.717, 1.165) is 18.7 Å². The molecule has 1 aliphatic rings. The number of hydrogen-bond acceptors (Lipinski definition) is 3. The van der Waals surface area contributed by atoms with Crippen LogP contribution in [0.1, 0.15) is 36.3 Å². The minimum absolute atomic E-state index is 0.206. The largest absolute Gasteiger partial charge is 0.469 e. The van der Waals surface area contributed by atoms with Crippen molar-refractivity contribution in [1.82, 2.24) is 5.32 Å². The van der Waals surface area contributed by atoms with Gasteiger partial charge in [0.15, 0.2) is 0 Å². The highest BCUT2D eigenvalue weighted by molar-refractivity contribution is 5.72. The van der Waals surface area contributed by atoms with Gasteiger partial charge in [-0.25, -0.2) is 0 Å². The Balaban J connectivity index is 1.92. The van der Waals surface area contributed by atoms with E-state index in [-0.39, 0.29) is 5.97 Å². The number of ether oxygens (including phenoxy) is 1. The van der Waals surface area contributed by atoms with Gasteiger partial charge in [0.05, 0.1) is 13.5 Å². The van der Waals surface area contributed by atoms with E-state index in [9.17, 15) is 4.79 Å². The molecular weight excluding hydrogens is 238 g/mol. The quantitative estimate of drug-likeness (QED) is 0.845. The smallest absolute Gasteiger partial charge is 0.309 e. The van der Waals surface area contributed by atoms with Crippen LogP contribution in [0.15, 0.2) is 30.3 Å². The number of methoxy groups -OCH3 is 1. The molecule has 0 amide bonds. The summed E-state index contributed by atoms with van der Waals surface area (Å²) in [5.41, 5.74) is 2.55. The van der Waals surface area contributed by atoms with Gasteiger partial charge in [-0.2, -0.15) is 0 Å². The van der Waals surface area contributed by atoms with Gasteiger partial charge >= 0.3 is 5.97 Å². The maximum Gasteiger partial charge on any atom is 0.309 e. The predicted molar refractivity (Wildman–Crippen MR) is 77.0 cm³/mol. The molecule has 1 heterocycles. The molecular formula is C16H21NO2. The Labute approximate surface area is 114 Å². The number of hydrogen-bond donors (Lipinski definition) is 1. The van der Waals surface area contributed by atoms with Gasteiger partial charge in [0.25, 0.3) is 0 Å². The topological polar surface area (TPSA) is 38.3 Å². The third kappa shape index (κ3) is 4.21. The van der Waals surface area contributed by atoms with Crippen LogP contribution >= 0.6 is 0 Å².